The van der Waals surface area contributed by atoms with Crippen molar-refractivity contribution in [3.63, 3.8) is 0 Å². The SMILES string of the molecule is O=S(=O)(CCCc1ccccc1)Nc1ccc(Nc2ccccc2)nn1. The number of aryl methyl sites for hydroxylation is 1. The zero-order valence-corrected chi connectivity index (χ0v) is 15.0. The monoisotopic (exact) mass is 368 g/mol. The van der Waals surface area contributed by atoms with E-state index in [1.165, 1.54) is 0 Å². The van der Waals surface area contributed by atoms with E-state index < -0.39 is 10.0 Å². The summed E-state index contributed by atoms with van der Waals surface area (Å²) < 4.78 is 26.8. The number of nitrogens with one attached hydrogen (secondary N) is 2. The van der Waals surface area contributed by atoms with Gasteiger partial charge in [-0.3, -0.25) is 4.72 Å². The molecule has 0 saturated carbocycles. The van der Waals surface area contributed by atoms with Gasteiger partial charge in [0.05, 0.1) is 5.75 Å². The molecule has 0 spiro atoms. The molecule has 0 fully saturated rings. The zero-order chi connectivity index (χ0) is 18.2. The van der Waals surface area contributed by atoms with Gasteiger partial charge in [0.25, 0.3) is 0 Å². The van der Waals surface area contributed by atoms with Gasteiger partial charge in [-0.25, -0.2) is 8.42 Å². The molecule has 2 aromatic carbocycles. The minimum absolute atomic E-state index is 0.0353. The molecule has 0 bridgehead atoms. The van der Waals surface area contributed by atoms with E-state index in [0.717, 1.165) is 11.3 Å². The van der Waals surface area contributed by atoms with Crippen molar-refractivity contribution >= 4 is 27.3 Å². The molecule has 3 aromatic rings. The molecule has 0 aliphatic carbocycles. The Morgan fingerprint density at radius 3 is 2.04 bits per heavy atom. The van der Waals surface area contributed by atoms with Crippen molar-refractivity contribution in [1.29, 1.82) is 0 Å². The molecule has 0 radical (unpaired) electrons. The summed E-state index contributed by atoms with van der Waals surface area (Å²) in [6.45, 7) is 0. The number of benzene rings is 2. The number of sulfonamides is 1. The Kier molecular flexibility index (Phi) is 5.80. The molecule has 0 aliphatic rings. The average Bonchev–Trinajstić information content (AvgIpc) is 2.65. The van der Waals surface area contributed by atoms with Gasteiger partial charge in [0.1, 0.15) is 0 Å². The number of hydrogen-bond acceptors (Lipinski definition) is 5. The van der Waals surface area contributed by atoms with Gasteiger partial charge < -0.3 is 5.32 Å². The second-order valence-corrected chi connectivity index (χ2v) is 7.65. The van der Waals surface area contributed by atoms with E-state index in [-0.39, 0.29) is 11.6 Å². The number of aromatic nitrogens is 2. The Bertz CT molecular complexity index is 915. The minimum atomic E-state index is -3.45. The molecule has 26 heavy (non-hydrogen) atoms. The molecule has 0 saturated heterocycles. The predicted molar refractivity (Wildman–Crippen MR) is 104 cm³/mol. The van der Waals surface area contributed by atoms with Crippen LogP contribution in [0.4, 0.5) is 17.3 Å². The Balaban J connectivity index is 1.52. The minimum Gasteiger partial charge on any atom is -0.339 e. The van der Waals surface area contributed by atoms with Crippen molar-refractivity contribution in [3.05, 3.63) is 78.4 Å². The maximum atomic E-state index is 12.2. The summed E-state index contributed by atoms with van der Waals surface area (Å²) in [7, 11) is -3.45. The van der Waals surface area contributed by atoms with Crippen LogP contribution in [-0.4, -0.2) is 24.4 Å². The van der Waals surface area contributed by atoms with Gasteiger partial charge in [0.2, 0.25) is 10.0 Å². The first kappa shape index (κ1) is 17.9. The molecule has 1 heterocycles. The molecule has 6 nitrogen and oxygen atoms in total. The lowest BCUT2D eigenvalue weighted by Gasteiger charge is -2.08. The van der Waals surface area contributed by atoms with Gasteiger partial charge in [-0.15, -0.1) is 10.2 Å². The molecular weight excluding hydrogens is 348 g/mol. The van der Waals surface area contributed by atoms with E-state index in [9.17, 15) is 8.42 Å². The zero-order valence-electron chi connectivity index (χ0n) is 14.2. The topological polar surface area (TPSA) is 84.0 Å². The Hall–Kier alpha value is -2.93. The van der Waals surface area contributed by atoms with Crippen LogP contribution in [0.3, 0.4) is 0 Å². The number of anilines is 3. The smallest absolute Gasteiger partial charge is 0.233 e. The van der Waals surface area contributed by atoms with Crippen LogP contribution in [0.1, 0.15) is 12.0 Å². The summed E-state index contributed by atoms with van der Waals surface area (Å²) in [5.74, 6) is 0.791. The summed E-state index contributed by atoms with van der Waals surface area (Å²) in [4.78, 5) is 0. The maximum absolute atomic E-state index is 12.2. The van der Waals surface area contributed by atoms with Gasteiger partial charge in [-0.05, 0) is 42.7 Å². The van der Waals surface area contributed by atoms with Gasteiger partial charge in [0.15, 0.2) is 11.6 Å². The van der Waals surface area contributed by atoms with Crippen molar-refractivity contribution in [2.24, 2.45) is 0 Å². The number of hydrogen-bond donors (Lipinski definition) is 2. The molecule has 0 unspecified atom stereocenters. The quantitative estimate of drug-likeness (QED) is 0.635. The lowest BCUT2D eigenvalue weighted by Crippen LogP contribution is -2.18. The van der Waals surface area contributed by atoms with Crippen molar-refractivity contribution in [1.82, 2.24) is 10.2 Å². The third-order valence-corrected chi connectivity index (χ3v) is 5.04. The van der Waals surface area contributed by atoms with Crippen LogP contribution in [0.2, 0.25) is 0 Å². The van der Waals surface area contributed by atoms with Crippen LogP contribution in [0.25, 0.3) is 0 Å². The van der Waals surface area contributed by atoms with Gasteiger partial charge in [-0.2, -0.15) is 0 Å². The second-order valence-electron chi connectivity index (χ2n) is 5.80. The first-order valence-electron chi connectivity index (χ1n) is 8.31. The van der Waals surface area contributed by atoms with E-state index in [2.05, 4.69) is 20.2 Å². The summed E-state index contributed by atoms with van der Waals surface area (Å²) >= 11 is 0. The van der Waals surface area contributed by atoms with E-state index in [1.807, 2.05) is 60.7 Å². The largest absolute Gasteiger partial charge is 0.339 e. The summed E-state index contributed by atoms with van der Waals surface area (Å²) in [6.07, 6.45) is 1.26. The van der Waals surface area contributed by atoms with E-state index in [1.54, 1.807) is 12.1 Å². The van der Waals surface area contributed by atoms with Crippen molar-refractivity contribution < 1.29 is 8.42 Å². The van der Waals surface area contributed by atoms with Crippen molar-refractivity contribution in [2.75, 3.05) is 15.8 Å². The molecule has 0 aliphatic heterocycles. The normalized spacial score (nSPS) is 11.1. The average molecular weight is 368 g/mol. The highest BCUT2D eigenvalue weighted by Crippen LogP contribution is 2.15. The molecule has 0 amide bonds. The molecule has 2 N–H and O–H groups in total. The molecular formula is C19H20N4O2S. The van der Waals surface area contributed by atoms with E-state index >= 15 is 0 Å². The Morgan fingerprint density at radius 2 is 1.38 bits per heavy atom. The van der Waals surface area contributed by atoms with Crippen LogP contribution < -0.4 is 10.0 Å². The van der Waals surface area contributed by atoms with Crippen LogP contribution >= 0.6 is 0 Å². The van der Waals surface area contributed by atoms with Crippen LogP contribution in [0.15, 0.2) is 72.8 Å². The maximum Gasteiger partial charge on any atom is 0.233 e. The van der Waals surface area contributed by atoms with Gasteiger partial charge >= 0.3 is 0 Å². The van der Waals surface area contributed by atoms with Crippen LogP contribution in [0.5, 0.6) is 0 Å². The highest BCUT2D eigenvalue weighted by molar-refractivity contribution is 7.92. The Labute approximate surface area is 153 Å². The summed E-state index contributed by atoms with van der Waals surface area (Å²) in [6, 6.07) is 22.6. The molecule has 3 rings (SSSR count). The highest BCUT2D eigenvalue weighted by Gasteiger charge is 2.11. The Morgan fingerprint density at radius 1 is 0.769 bits per heavy atom. The fraction of sp³-hybridized carbons (Fsp3) is 0.158. The number of nitrogens with zero attached hydrogens (tertiary/aromatic N) is 2. The molecule has 0 atom stereocenters. The second kappa shape index (κ2) is 8.44. The predicted octanol–water partition coefficient (Wildman–Crippen LogP) is 3.59. The third kappa shape index (κ3) is 5.56. The lowest BCUT2D eigenvalue weighted by molar-refractivity contribution is 0.598. The first-order valence-corrected chi connectivity index (χ1v) is 9.96. The molecule has 1 aromatic heterocycles. The van der Waals surface area contributed by atoms with Gasteiger partial charge in [-0.1, -0.05) is 48.5 Å². The van der Waals surface area contributed by atoms with Crippen LogP contribution in [0, 0.1) is 0 Å². The van der Waals surface area contributed by atoms with E-state index in [0.29, 0.717) is 18.7 Å². The standard InChI is InChI=1S/C19H20N4O2S/c24-26(25,15-7-10-16-8-3-1-4-9-16)23-19-14-13-18(21-22-19)20-17-11-5-2-6-12-17/h1-6,8-9,11-14H,7,10,15H2,(H,20,21)(H,22,23). The van der Waals surface area contributed by atoms with Gasteiger partial charge in [0, 0.05) is 5.69 Å². The first-order chi connectivity index (χ1) is 12.6. The van der Waals surface area contributed by atoms with Crippen molar-refractivity contribution in [3.8, 4) is 0 Å². The third-order valence-electron chi connectivity index (χ3n) is 3.69. The fourth-order valence-corrected chi connectivity index (χ4v) is 3.50. The highest BCUT2D eigenvalue weighted by atomic mass is 32.2. The summed E-state index contributed by atoms with van der Waals surface area (Å²) in [5.41, 5.74) is 2.01. The van der Waals surface area contributed by atoms with E-state index in [4.69, 9.17) is 0 Å². The van der Waals surface area contributed by atoms with Crippen LogP contribution in [-0.2, 0) is 16.4 Å². The lowest BCUT2D eigenvalue weighted by atomic mass is 10.1. The molecule has 7 heteroatoms. The number of rotatable bonds is 8. The molecule has 134 valence electrons. The number of para-hydroxylation sites is 1. The fourth-order valence-electron chi connectivity index (χ4n) is 2.44. The summed E-state index contributed by atoms with van der Waals surface area (Å²) in [5, 5.41) is 11.0. The van der Waals surface area contributed by atoms with Crippen molar-refractivity contribution in [2.45, 2.75) is 12.8 Å².